The van der Waals surface area contributed by atoms with E-state index in [2.05, 4.69) is 21.2 Å². The molecule has 0 aromatic heterocycles. The number of benzene rings is 1. The van der Waals surface area contributed by atoms with Crippen molar-refractivity contribution in [1.82, 2.24) is 5.32 Å². The van der Waals surface area contributed by atoms with Gasteiger partial charge in [0.15, 0.2) is 0 Å². The van der Waals surface area contributed by atoms with Gasteiger partial charge in [-0.2, -0.15) is 0 Å². The SMILES string of the molecule is Fc1ccc(CNCC2CCCCC2CCl)c(Br)c1. The summed E-state index contributed by atoms with van der Waals surface area (Å²) in [6.07, 6.45) is 5.17. The zero-order valence-corrected chi connectivity index (χ0v) is 13.3. The third kappa shape index (κ3) is 4.44. The monoisotopic (exact) mass is 347 g/mol. The standard InChI is InChI=1S/C15H20BrClFN/c16-15-7-14(18)6-5-13(15)10-19-9-12-4-2-1-3-11(12)8-17/h5-7,11-12,19H,1-4,8-10H2. The molecule has 0 heterocycles. The van der Waals surface area contributed by atoms with Gasteiger partial charge in [0.1, 0.15) is 5.82 Å². The van der Waals surface area contributed by atoms with Gasteiger partial charge in [-0.15, -0.1) is 11.6 Å². The van der Waals surface area contributed by atoms with Gasteiger partial charge in [0, 0.05) is 16.9 Å². The Kier molecular flexibility index (Phi) is 6.11. The molecule has 2 unspecified atom stereocenters. The Hall–Kier alpha value is -0.120. The number of rotatable bonds is 5. The highest BCUT2D eigenvalue weighted by Gasteiger charge is 2.23. The summed E-state index contributed by atoms with van der Waals surface area (Å²) in [5.74, 6) is 1.90. The fourth-order valence-corrected chi connectivity index (χ4v) is 3.71. The molecule has 1 nitrogen and oxygen atoms in total. The van der Waals surface area contributed by atoms with Gasteiger partial charge in [-0.05, 0) is 48.9 Å². The molecule has 1 aliphatic rings. The zero-order valence-electron chi connectivity index (χ0n) is 11.0. The molecule has 2 rings (SSSR count). The second-order valence-corrected chi connectivity index (χ2v) is 6.49. The Bertz CT molecular complexity index is 413. The molecular formula is C15H20BrClFN. The molecule has 1 fully saturated rings. The number of nitrogens with one attached hydrogen (secondary N) is 1. The zero-order chi connectivity index (χ0) is 13.7. The van der Waals surface area contributed by atoms with E-state index < -0.39 is 0 Å². The molecule has 0 aliphatic heterocycles. The van der Waals surface area contributed by atoms with Gasteiger partial charge in [-0.3, -0.25) is 0 Å². The maximum absolute atomic E-state index is 13.0. The third-order valence-corrected chi connectivity index (χ3v) is 5.14. The van der Waals surface area contributed by atoms with E-state index in [0.29, 0.717) is 11.8 Å². The fourth-order valence-electron chi connectivity index (χ4n) is 2.81. The van der Waals surface area contributed by atoms with Crippen molar-refractivity contribution in [3.05, 3.63) is 34.1 Å². The van der Waals surface area contributed by atoms with Crippen molar-refractivity contribution < 1.29 is 4.39 Å². The highest BCUT2D eigenvalue weighted by molar-refractivity contribution is 9.10. The summed E-state index contributed by atoms with van der Waals surface area (Å²) in [6.45, 7) is 1.77. The molecular weight excluding hydrogens is 329 g/mol. The minimum absolute atomic E-state index is 0.204. The predicted molar refractivity (Wildman–Crippen MR) is 82.0 cm³/mol. The largest absolute Gasteiger partial charge is 0.312 e. The summed E-state index contributed by atoms with van der Waals surface area (Å²) < 4.78 is 13.8. The highest BCUT2D eigenvalue weighted by atomic mass is 79.9. The van der Waals surface area contributed by atoms with Crippen molar-refractivity contribution in [3.8, 4) is 0 Å². The molecule has 0 amide bonds. The Morgan fingerprint density at radius 3 is 2.68 bits per heavy atom. The maximum atomic E-state index is 13.0. The van der Waals surface area contributed by atoms with Crippen LogP contribution in [0.25, 0.3) is 0 Å². The Morgan fingerprint density at radius 1 is 1.26 bits per heavy atom. The molecule has 1 aliphatic carbocycles. The van der Waals surface area contributed by atoms with Crippen LogP contribution < -0.4 is 5.32 Å². The van der Waals surface area contributed by atoms with Crippen molar-refractivity contribution in [2.75, 3.05) is 12.4 Å². The number of halogens is 3. The summed E-state index contributed by atoms with van der Waals surface area (Å²) in [5.41, 5.74) is 1.10. The molecule has 106 valence electrons. The van der Waals surface area contributed by atoms with Crippen LogP contribution in [0.5, 0.6) is 0 Å². The molecule has 19 heavy (non-hydrogen) atoms. The van der Waals surface area contributed by atoms with Crippen LogP contribution in [0, 0.1) is 17.7 Å². The molecule has 0 saturated heterocycles. The fraction of sp³-hybridized carbons (Fsp3) is 0.600. The van der Waals surface area contributed by atoms with Gasteiger partial charge in [0.25, 0.3) is 0 Å². The van der Waals surface area contributed by atoms with Gasteiger partial charge >= 0.3 is 0 Å². The van der Waals surface area contributed by atoms with Crippen LogP contribution in [-0.2, 0) is 6.54 Å². The Morgan fingerprint density at radius 2 is 2.00 bits per heavy atom. The Balaban J connectivity index is 1.82. The highest BCUT2D eigenvalue weighted by Crippen LogP contribution is 2.30. The minimum atomic E-state index is -0.204. The molecule has 1 aromatic rings. The topological polar surface area (TPSA) is 12.0 Å². The molecule has 2 atom stereocenters. The quantitative estimate of drug-likeness (QED) is 0.759. The lowest BCUT2D eigenvalue weighted by Gasteiger charge is -2.30. The van der Waals surface area contributed by atoms with Crippen molar-refractivity contribution in [2.24, 2.45) is 11.8 Å². The third-order valence-electron chi connectivity index (χ3n) is 4.00. The summed E-state index contributed by atoms with van der Waals surface area (Å²) in [7, 11) is 0. The number of hydrogen-bond acceptors (Lipinski definition) is 1. The van der Waals surface area contributed by atoms with Crippen LogP contribution in [-0.4, -0.2) is 12.4 Å². The first-order chi connectivity index (χ1) is 9.20. The molecule has 0 spiro atoms. The minimum Gasteiger partial charge on any atom is -0.312 e. The van der Waals surface area contributed by atoms with E-state index in [-0.39, 0.29) is 5.82 Å². The normalized spacial score (nSPS) is 23.5. The van der Waals surface area contributed by atoms with E-state index in [1.807, 2.05) is 6.07 Å². The number of alkyl halides is 1. The van der Waals surface area contributed by atoms with Gasteiger partial charge in [-0.25, -0.2) is 4.39 Å². The number of hydrogen-bond donors (Lipinski definition) is 1. The predicted octanol–water partition coefficient (Wildman–Crippen LogP) is 4.72. The Labute approximate surface area is 128 Å². The lowest BCUT2D eigenvalue weighted by Crippen LogP contribution is -2.31. The van der Waals surface area contributed by atoms with E-state index >= 15 is 0 Å². The average molecular weight is 349 g/mol. The summed E-state index contributed by atoms with van der Waals surface area (Å²) >= 11 is 9.43. The van der Waals surface area contributed by atoms with E-state index in [0.717, 1.165) is 29.0 Å². The lowest BCUT2D eigenvalue weighted by atomic mass is 9.80. The smallest absolute Gasteiger partial charge is 0.124 e. The molecule has 0 radical (unpaired) electrons. The summed E-state index contributed by atoms with van der Waals surface area (Å²) in [4.78, 5) is 0. The van der Waals surface area contributed by atoms with Gasteiger partial charge in [0.05, 0.1) is 0 Å². The van der Waals surface area contributed by atoms with E-state index in [1.165, 1.54) is 37.8 Å². The van der Waals surface area contributed by atoms with Crippen molar-refractivity contribution in [2.45, 2.75) is 32.2 Å². The van der Waals surface area contributed by atoms with E-state index in [1.54, 1.807) is 0 Å². The van der Waals surface area contributed by atoms with Crippen molar-refractivity contribution in [3.63, 3.8) is 0 Å². The maximum Gasteiger partial charge on any atom is 0.124 e. The second kappa shape index (κ2) is 7.61. The van der Waals surface area contributed by atoms with Crippen LogP contribution in [0.3, 0.4) is 0 Å². The molecule has 1 saturated carbocycles. The summed E-state index contributed by atoms with van der Waals surface area (Å²) in [6, 6.07) is 4.84. The molecule has 1 aromatic carbocycles. The first kappa shape index (κ1) is 15.3. The van der Waals surface area contributed by atoms with Crippen LogP contribution in [0.1, 0.15) is 31.2 Å². The second-order valence-electron chi connectivity index (χ2n) is 5.33. The molecule has 4 heteroatoms. The molecule has 0 bridgehead atoms. The first-order valence-electron chi connectivity index (χ1n) is 6.91. The van der Waals surface area contributed by atoms with Crippen molar-refractivity contribution >= 4 is 27.5 Å². The van der Waals surface area contributed by atoms with Crippen LogP contribution in [0.2, 0.25) is 0 Å². The summed E-state index contributed by atoms with van der Waals surface area (Å²) in [5, 5.41) is 3.48. The molecule has 1 N–H and O–H groups in total. The van der Waals surface area contributed by atoms with Gasteiger partial charge < -0.3 is 5.32 Å². The van der Waals surface area contributed by atoms with Crippen LogP contribution in [0.15, 0.2) is 22.7 Å². The average Bonchev–Trinajstić information content (AvgIpc) is 2.42. The van der Waals surface area contributed by atoms with Crippen LogP contribution >= 0.6 is 27.5 Å². The lowest BCUT2D eigenvalue weighted by molar-refractivity contribution is 0.250. The first-order valence-corrected chi connectivity index (χ1v) is 8.24. The van der Waals surface area contributed by atoms with E-state index in [9.17, 15) is 4.39 Å². The van der Waals surface area contributed by atoms with Crippen molar-refractivity contribution in [1.29, 1.82) is 0 Å². The van der Waals surface area contributed by atoms with Gasteiger partial charge in [-0.1, -0.05) is 34.8 Å². The van der Waals surface area contributed by atoms with E-state index in [4.69, 9.17) is 11.6 Å². The van der Waals surface area contributed by atoms with Gasteiger partial charge in [0.2, 0.25) is 0 Å². The van der Waals surface area contributed by atoms with Crippen LogP contribution in [0.4, 0.5) is 4.39 Å².